The predicted molar refractivity (Wildman–Crippen MR) is 145 cm³/mol. The lowest BCUT2D eigenvalue weighted by Crippen LogP contribution is -2.18. The number of ether oxygens (including phenoxy) is 3. The fourth-order valence-electron chi connectivity index (χ4n) is 5.48. The molecular weight excluding hydrogens is 513 g/mol. The number of aliphatic carboxylic acids is 1. The monoisotopic (exact) mass is 545 g/mol. The first-order valence-corrected chi connectivity index (χ1v) is 13.5. The number of aliphatic hydroxyl groups is 1. The number of aryl methyl sites for hydroxylation is 1. The summed E-state index contributed by atoms with van der Waals surface area (Å²) in [6, 6.07) is 15.9. The van der Waals surface area contributed by atoms with Crippen molar-refractivity contribution in [3.8, 4) is 29.1 Å². The molecule has 2 atom stereocenters. The highest BCUT2D eigenvalue weighted by molar-refractivity contribution is 5.69. The zero-order chi connectivity index (χ0) is 28.4. The van der Waals surface area contributed by atoms with Crippen molar-refractivity contribution in [3.63, 3.8) is 0 Å². The second kappa shape index (κ2) is 11.2. The second-order valence-electron chi connectivity index (χ2n) is 11.1. The first-order valence-electron chi connectivity index (χ1n) is 13.5. The number of carboxylic acid groups (broad SMARTS) is 1. The largest absolute Gasteiger partial charge is 0.492 e. The highest BCUT2D eigenvalue weighted by Gasteiger charge is 2.32. The van der Waals surface area contributed by atoms with Gasteiger partial charge < -0.3 is 24.4 Å². The molecule has 1 aliphatic carbocycles. The molecule has 8 heteroatoms. The predicted octanol–water partition coefficient (Wildman–Crippen LogP) is 6.60. The number of fused-ring (bicyclic) bond motifs is 2. The van der Waals surface area contributed by atoms with Crippen molar-refractivity contribution in [3.05, 3.63) is 82.2 Å². The molecule has 2 N–H and O–H groups in total. The van der Waals surface area contributed by atoms with Crippen LogP contribution in [-0.2, 0) is 17.6 Å². The Bertz CT molecular complexity index is 1470. The lowest BCUT2D eigenvalue weighted by Gasteiger charge is -2.18. The van der Waals surface area contributed by atoms with Crippen molar-refractivity contribution in [2.75, 3.05) is 6.61 Å². The third-order valence-corrected chi connectivity index (χ3v) is 7.44. The molecule has 40 heavy (non-hydrogen) atoms. The van der Waals surface area contributed by atoms with Crippen molar-refractivity contribution in [1.29, 1.82) is 5.26 Å². The standard InChI is InChI=1S/C32H32FNO6/c1-32(2,37)13-3-4-19-5-10-26(20(14-19)17-34)40-27-12-9-25(33)31-24(27)8-11-28(31)39-22-6-7-23-21(15-30(35)36)18-38-29(23)16-22/h5-7,9-10,12,14,16,21,28,37H,3-4,8,11,13,15,18H2,1-2H3,(H,35,36)/t21?,28-/m1/s1. The number of nitriles is 1. The Kier molecular flexibility index (Phi) is 7.68. The highest BCUT2D eigenvalue weighted by atomic mass is 19.1. The second-order valence-corrected chi connectivity index (χ2v) is 11.1. The van der Waals surface area contributed by atoms with Gasteiger partial charge in [0.1, 0.15) is 41.0 Å². The molecule has 2 aliphatic rings. The number of hydrogen-bond acceptors (Lipinski definition) is 6. The van der Waals surface area contributed by atoms with Crippen LogP contribution in [-0.4, -0.2) is 28.4 Å². The van der Waals surface area contributed by atoms with Crippen LogP contribution >= 0.6 is 0 Å². The van der Waals surface area contributed by atoms with Crippen LogP contribution in [0, 0.1) is 17.1 Å². The van der Waals surface area contributed by atoms with Crippen LogP contribution in [0.3, 0.4) is 0 Å². The van der Waals surface area contributed by atoms with Crippen LogP contribution in [0.25, 0.3) is 0 Å². The van der Waals surface area contributed by atoms with Crippen molar-refractivity contribution in [1.82, 2.24) is 0 Å². The summed E-state index contributed by atoms with van der Waals surface area (Å²) >= 11 is 0. The molecule has 208 valence electrons. The maximum Gasteiger partial charge on any atom is 0.304 e. The number of benzene rings is 3. The molecule has 0 radical (unpaired) electrons. The Balaban J connectivity index is 1.32. The Morgan fingerprint density at radius 1 is 1.18 bits per heavy atom. The lowest BCUT2D eigenvalue weighted by molar-refractivity contribution is -0.137. The molecule has 0 aromatic heterocycles. The van der Waals surface area contributed by atoms with Crippen molar-refractivity contribution in [2.45, 2.75) is 70.0 Å². The minimum atomic E-state index is -0.877. The van der Waals surface area contributed by atoms with Crippen molar-refractivity contribution >= 4 is 5.97 Å². The van der Waals surface area contributed by atoms with Gasteiger partial charge in [-0.05, 0) is 81.8 Å². The van der Waals surface area contributed by atoms with Gasteiger partial charge in [-0.3, -0.25) is 4.79 Å². The van der Waals surface area contributed by atoms with Gasteiger partial charge in [0.15, 0.2) is 0 Å². The van der Waals surface area contributed by atoms with Crippen LogP contribution in [0.4, 0.5) is 4.39 Å². The van der Waals surface area contributed by atoms with E-state index in [0.717, 1.165) is 24.0 Å². The molecule has 1 aliphatic heterocycles. The molecule has 0 saturated heterocycles. The van der Waals surface area contributed by atoms with E-state index in [1.54, 1.807) is 44.2 Å². The molecule has 0 bridgehead atoms. The molecule has 5 rings (SSSR count). The summed E-state index contributed by atoms with van der Waals surface area (Å²) in [5.41, 5.74) is 2.62. The molecule has 3 aromatic rings. The maximum atomic E-state index is 15.1. The van der Waals surface area contributed by atoms with E-state index >= 15 is 4.39 Å². The molecule has 1 heterocycles. The third kappa shape index (κ3) is 6.05. The Morgan fingerprint density at radius 3 is 2.73 bits per heavy atom. The van der Waals surface area contributed by atoms with Crippen LogP contribution < -0.4 is 14.2 Å². The molecule has 0 spiro atoms. The Labute approximate surface area is 232 Å². The summed E-state index contributed by atoms with van der Waals surface area (Å²) in [6.07, 6.45) is 2.75. The summed E-state index contributed by atoms with van der Waals surface area (Å²) < 4.78 is 33.1. The summed E-state index contributed by atoms with van der Waals surface area (Å²) in [5.74, 6) is 0.536. The number of hydrogen-bond donors (Lipinski definition) is 2. The topological polar surface area (TPSA) is 109 Å². The number of nitrogens with zero attached hydrogens (tertiary/aromatic N) is 1. The minimum absolute atomic E-state index is 0.00447. The van der Waals surface area contributed by atoms with Gasteiger partial charge in [0, 0.05) is 28.7 Å². The summed E-state index contributed by atoms with van der Waals surface area (Å²) in [7, 11) is 0. The fraction of sp³-hybridized carbons (Fsp3) is 0.375. The quantitative estimate of drug-likeness (QED) is 0.295. The lowest BCUT2D eigenvalue weighted by atomic mass is 9.98. The number of halogens is 1. The van der Waals surface area contributed by atoms with Gasteiger partial charge in [-0.2, -0.15) is 5.26 Å². The van der Waals surface area contributed by atoms with Gasteiger partial charge in [-0.1, -0.05) is 12.1 Å². The average Bonchev–Trinajstić information content (AvgIpc) is 3.50. The normalized spacial score (nSPS) is 17.5. The number of rotatable bonds is 10. The van der Waals surface area contributed by atoms with E-state index in [-0.39, 0.29) is 18.2 Å². The van der Waals surface area contributed by atoms with Crippen LogP contribution in [0.5, 0.6) is 23.0 Å². The van der Waals surface area contributed by atoms with E-state index in [9.17, 15) is 15.2 Å². The zero-order valence-electron chi connectivity index (χ0n) is 22.6. The van der Waals surface area contributed by atoms with E-state index in [4.69, 9.17) is 19.3 Å². The third-order valence-electron chi connectivity index (χ3n) is 7.44. The first kappa shape index (κ1) is 27.5. The Morgan fingerprint density at radius 2 is 1.98 bits per heavy atom. The summed E-state index contributed by atoms with van der Waals surface area (Å²) in [6.45, 7) is 3.86. The smallest absolute Gasteiger partial charge is 0.304 e. The van der Waals surface area contributed by atoms with E-state index < -0.39 is 17.7 Å². The summed E-state index contributed by atoms with van der Waals surface area (Å²) in [4.78, 5) is 11.1. The van der Waals surface area contributed by atoms with E-state index in [0.29, 0.717) is 65.6 Å². The Hall–Kier alpha value is -4.09. The molecule has 1 unspecified atom stereocenters. The number of carboxylic acids is 1. The molecule has 0 saturated carbocycles. The van der Waals surface area contributed by atoms with Gasteiger partial charge >= 0.3 is 5.97 Å². The SMILES string of the molecule is CC(C)(O)CCCc1ccc(Oc2ccc(F)c3c2CC[C@H]3Oc2ccc3c(c2)OCC3CC(=O)O)c(C#N)c1. The van der Waals surface area contributed by atoms with Gasteiger partial charge in [0.05, 0.1) is 24.2 Å². The highest BCUT2D eigenvalue weighted by Crippen LogP contribution is 2.44. The van der Waals surface area contributed by atoms with Gasteiger partial charge in [-0.25, -0.2) is 4.39 Å². The van der Waals surface area contributed by atoms with E-state index in [1.165, 1.54) is 6.07 Å². The van der Waals surface area contributed by atoms with Crippen LogP contribution in [0.15, 0.2) is 48.5 Å². The maximum absolute atomic E-state index is 15.1. The van der Waals surface area contributed by atoms with Crippen molar-refractivity contribution < 1.29 is 33.6 Å². The minimum Gasteiger partial charge on any atom is -0.492 e. The van der Waals surface area contributed by atoms with Gasteiger partial charge in [0.2, 0.25) is 0 Å². The molecule has 3 aromatic carbocycles. The van der Waals surface area contributed by atoms with E-state index in [2.05, 4.69) is 6.07 Å². The van der Waals surface area contributed by atoms with Gasteiger partial charge in [0.25, 0.3) is 0 Å². The van der Waals surface area contributed by atoms with Gasteiger partial charge in [-0.15, -0.1) is 0 Å². The molecule has 7 nitrogen and oxygen atoms in total. The molecule has 0 amide bonds. The van der Waals surface area contributed by atoms with E-state index in [1.807, 2.05) is 12.1 Å². The zero-order valence-corrected chi connectivity index (χ0v) is 22.6. The number of carbonyl (C=O) groups is 1. The van der Waals surface area contributed by atoms with Crippen LogP contribution in [0.1, 0.15) is 79.4 Å². The average molecular weight is 546 g/mol. The molecular formula is C32H32FNO6. The van der Waals surface area contributed by atoms with Crippen LogP contribution in [0.2, 0.25) is 0 Å². The summed E-state index contributed by atoms with van der Waals surface area (Å²) in [5, 5.41) is 28.8. The van der Waals surface area contributed by atoms with Crippen molar-refractivity contribution in [2.24, 2.45) is 0 Å². The fourth-order valence-corrected chi connectivity index (χ4v) is 5.48. The first-order chi connectivity index (χ1) is 19.1. The molecule has 0 fully saturated rings.